The van der Waals surface area contributed by atoms with Crippen LogP contribution in [-0.2, 0) is 4.79 Å². The predicted octanol–water partition coefficient (Wildman–Crippen LogP) is 2.21. The van der Waals surface area contributed by atoms with E-state index in [1.807, 2.05) is 18.4 Å². The van der Waals surface area contributed by atoms with Crippen molar-refractivity contribution in [2.75, 3.05) is 6.26 Å². The Morgan fingerprint density at radius 2 is 2.29 bits per heavy atom. The molecule has 0 unspecified atom stereocenters. The molecule has 0 saturated heterocycles. The summed E-state index contributed by atoms with van der Waals surface area (Å²) in [5, 5.41) is 8.80. The molecule has 0 spiro atoms. The lowest BCUT2D eigenvalue weighted by Gasteiger charge is -2.04. The second-order valence-electron chi connectivity index (χ2n) is 2.57. The SMILES string of the molecule is CSc1ccc(OC(C)=O)c(C#N)c1. The molecule has 1 aromatic rings. The summed E-state index contributed by atoms with van der Waals surface area (Å²) in [5.74, 6) is -0.101. The number of nitriles is 1. The number of carbonyl (C=O) groups excluding carboxylic acids is 1. The average Bonchev–Trinajstić information content (AvgIpc) is 2.17. The third-order valence-corrected chi connectivity index (χ3v) is 2.29. The molecule has 0 heterocycles. The number of hydrogen-bond donors (Lipinski definition) is 0. The van der Waals surface area contributed by atoms with Gasteiger partial charge in [-0.05, 0) is 24.5 Å². The van der Waals surface area contributed by atoms with Gasteiger partial charge in [0.05, 0.1) is 5.56 Å². The Morgan fingerprint density at radius 1 is 1.57 bits per heavy atom. The molecule has 4 heteroatoms. The normalized spacial score (nSPS) is 9.21. The molecule has 0 saturated carbocycles. The van der Waals surface area contributed by atoms with Gasteiger partial charge in [-0.3, -0.25) is 4.79 Å². The molecule has 0 atom stereocenters. The van der Waals surface area contributed by atoms with Gasteiger partial charge in [0.15, 0.2) is 0 Å². The van der Waals surface area contributed by atoms with Crippen molar-refractivity contribution in [3.63, 3.8) is 0 Å². The van der Waals surface area contributed by atoms with Gasteiger partial charge in [0, 0.05) is 11.8 Å². The van der Waals surface area contributed by atoms with Gasteiger partial charge < -0.3 is 4.74 Å². The van der Waals surface area contributed by atoms with E-state index in [0.29, 0.717) is 11.3 Å². The minimum absolute atomic E-state index is 0.317. The van der Waals surface area contributed by atoms with Gasteiger partial charge in [0.25, 0.3) is 0 Å². The molecular weight excluding hydrogens is 198 g/mol. The van der Waals surface area contributed by atoms with Crippen molar-refractivity contribution in [3.8, 4) is 11.8 Å². The third kappa shape index (κ3) is 2.51. The fourth-order valence-corrected chi connectivity index (χ4v) is 1.41. The lowest BCUT2D eigenvalue weighted by Crippen LogP contribution is -2.02. The highest BCUT2D eigenvalue weighted by molar-refractivity contribution is 7.98. The van der Waals surface area contributed by atoms with Crippen LogP contribution in [0.3, 0.4) is 0 Å². The lowest BCUT2D eigenvalue weighted by atomic mass is 10.2. The zero-order chi connectivity index (χ0) is 10.6. The first-order chi connectivity index (χ1) is 6.67. The Hall–Kier alpha value is -1.47. The molecular formula is C10H9NO2S. The number of carbonyl (C=O) groups is 1. The highest BCUT2D eigenvalue weighted by Crippen LogP contribution is 2.24. The maximum absolute atomic E-state index is 10.7. The van der Waals surface area contributed by atoms with E-state index in [1.165, 1.54) is 18.7 Å². The molecule has 0 fully saturated rings. The van der Waals surface area contributed by atoms with E-state index in [1.54, 1.807) is 12.1 Å². The minimum Gasteiger partial charge on any atom is -0.425 e. The molecule has 72 valence electrons. The summed E-state index contributed by atoms with van der Waals surface area (Å²) in [6.45, 7) is 1.31. The summed E-state index contributed by atoms with van der Waals surface area (Å²) in [4.78, 5) is 11.7. The van der Waals surface area contributed by atoms with Gasteiger partial charge in [0.1, 0.15) is 11.8 Å². The van der Waals surface area contributed by atoms with Gasteiger partial charge in [-0.1, -0.05) is 0 Å². The van der Waals surface area contributed by atoms with E-state index in [0.717, 1.165) is 4.90 Å². The van der Waals surface area contributed by atoms with Crippen LogP contribution in [0.4, 0.5) is 0 Å². The van der Waals surface area contributed by atoms with Gasteiger partial charge in [0.2, 0.25) is 0 Å². The van der Waals surface area contributed by atoms with E-state index < -0.39 is 5.97 Å². The molecule has 3 nitrogen and oxygen atoms in total. The lowest BCUT2D eigenvalue weighted by molar-refractivity contribution is -0.131. The molecule has 0 aliphatic rings. The highest BCUT2D eigenvalue weighted by Gasteiger charge is 2.06. The first kappa shape index (κ1) is 10.6. The summed E-state index contributed by atoms with van der Waals surface area (Å²) in [7, 11) is 0. The third-order valence-electron chi connectivity index (χ3n) is 1.56. The Balaban J connectivity index is 3.07. The summed E-state index contributed by atoms with van der Waals surface area (Å²) in [5.41, 5.74) is 0.382. The molecule has 14 heavy (non-hydrogen) atoms. The maximum Gasteiger partial charge on any atom is 0.308 e. The molecule has 1 rings (SSSR count). The van der Waals surface area contributed by atoms with Crippen molar-refractivity contribution in [2.24, 2.45) is 0 Å². The monoisotopic (exact) mass is 207 g/mol. The second kappa shape index (κ2) is 4.68. The van der Waals surface area contributed by atoms with Crippen molar-refractivity contribution < 1.29 is 9.53 Å². The number of ether oxygens (including phenoxy) is 1. The Kier molecular flexibility index (Phi) is 3.55. The maximum atomic E-state index is 10.7. The first-order valence-corrected chi connectivity index (χ1v) is 5.16. The number of nitrogens with zero attached hydrogens (tertiary/aromatic N) is 1. The number of esters is 1. The van der Waals surface area contributed by atoms with Gasteiger partial charge in [-0.2, -0.15) is 5.26 Å². The second-order valence-corrected chi connectivity index (χ2v) is 3.45. The fraction of sp³-hybridized carbons (Fsp3) is 0.200. The topological polar surface area (TPSA) is 50.1 Å². The van der Waals surface area contributed by atoms with Crippen molar-refractivity contribution in [2.45, 2.75) is 11.8 Å². The van der Waals surface area contributed by atoms with Crippen LogP contribution in [0.25, 0.3) is 0 Å². The highest BCUT2D eigenvalue weighted by atomic mass is 32.2. The van der Waals surface area contributed by atoms with Gasteiger partial charge in [-0.15, -0.1) is 11.8 Å². The summed E-state index contributed by atoms with van der Waals surface area (Å²) in [6, 6.07) is 7.12. The van der Waals surface area contributed by atoms with Crippen molar-refractivity contribution >= 4 is 17.7 Å². The smallest absolute Gasteiger partial charge is 0.308 e. The zero-order valence-electron chi connectivity index (χ0n) is 7.90. The summed E-state index contributed by atoms with van der Waals surface area (Å²) >= 11 is 1.53. The molecule has 0 aromatic heterocycles. The Morgan fingerprint density at radius 3 is 2.79 bits per heavy atom. The zero-order valence-corrected chi connectivity index (χ0v) is 8.72. The number of rotatable bonds is 2. The predicted molar refractivity (Wildman–Crippen MR) is 54.2 cm³/mol. The Bertz CT molecular complexity index is 396. The number of hydrogen-bond acceptors (Lipinski definition) is 4. The standard InChI is InChI=1S/C10H9NO2S/c1-7(12)13-10-4-3-9(14-2)5-8(10)6-11/h3-5H,1-2H3. The van der Waals surface area contributed by atoms with Crippen molar-refractivity contribution in [1.82, 2.24) is 0 Å². The minimum atomic E-state index is -0.418. The molecule has 0 amide bonds. The van der Waals surface area contributed by atoms with E-state index in [2.05, 4.69) is 0 Å². The van der Waals surface area contributed by atoms with E-state index in [9.17, 15) is 4.79 Å². The number of thioether (sulfide) groups is 1. The molecule has 0 aliphatic carbocycles. The van der Waals surface area contributed by atoms with Crippen molar-refractivity contribution in [1.29, 1.82) is 5.26 Å². The van der Waals surface area contributed by atoms with Crippen LogP contribution < -0.4 is 4.74 Å². The number of benzene rings is 1. The molecule has 0 bridgehead atoms. The van der Waals surface area contributed by atoms with Crippen molar-refractivity contribution in [3.05, 3.63) is 23.8 Å². The van der Waals surface area contributed by atoms with Crippen LogP contribution in [0.5, 0.6) is 5.75 Å². The quantitative estimate of drug-likeness (QED) is 0.424. The fourth-order valence-electron chi connectivity index (χ4n) is 0.967. The van der Waals surface area contributed by atoms with E-state index in [4.69, 9.17) is 10.00 Å². The first-order valence-electron chi connectivity index (χ1n) is 3.94. The molecule has 0 radical (unpaired) electrons. The van der Waals surface area contributed by atoms with Crippen LogP contribution in [0.2, 0.25) is 0 Å². The molecule has 0 aliphatic heterocycles. The largest absolute Gasteiger partial charge is 0.425 e. The van der Waals surface area contributed by atoms with Crippen LogP contribution >= 0.6 is 11.8 Å². The van der Waals surface area contributed by atoms with Gasteiger partial charge in [-0.25, -0.2) is 0 Å². The van der Waals surface area contributed by atoms with Crippen LogP contribution in [0.15, 0.2) is 23.1 Å². The Labute approximate surface area is 86.7 Å². The van der Waals surface area contributed by atoms with Crippen LogP contribution in [-0.4, -0.2) is 12.2 Å². The summed E-state index contributed by atoms with van der Waals surface area (Å²) in [6.07, 6.45) is 1.92. The van der Waals surface area contributed by atoms with Gasteiger partial charge >= 0.3 is 5.97 Å². The average molecular weight is 207 g/mol. The molecule has 0 N–H and O–H groups in total. The van der Waals surface area contributed by atoms with Crippen LogP contribution in [0, 0.1) is 11.3 Å². The van der Waals surface area contributed by atoms with E-state index >= 15 is 0 Å². The molecule has 1 aromatic carbocycles. The van der Waals surface area contributed by atoms with Crippen LogP contribution in [0.1, 0.15) is 12.5 Å². The summed E-state index contributed by atoms with van der Waals surface area (Å²) < 4.78 is 4.87. The van der Waals surface area contributed by atoms with E-state index in [-0.39, 0.29) is 0 Å².